The van der Waals surface area contributed by atoms with Crippen molar-refractivity contribution in [3.05, 3.63) is 45.9 Å². The first kappa shape index (κ1) is 20.9. The summed E-state index contributed by atoms with van der Waals surface area (Å²) in [6.07, 6.45) is 9.42. The number of pyridine rings is 2. The molecule has 3 aromatic heterocycles. The molecule has 3 aromatic rings. The molecule has 0 spiro atoms. The quantitative estimate of drug-likeness (QED) is 0.598. The zero-order valence-electron chi connectivity index (χ0n) is 18.4. The summed E-state index contributed by atoms with van der Waals surface area (Å²) in [4.78, 5) is 35.6. The van der Waals surface area contributed by atoms with Crippen LogP contribution in [0.1, 0.15) is 60.9 Å². The van der Waals surface area contributed by atoms with E-state index in [4.69, 9.17) is 4.74 Å². The zero-order valence-corrected chi connectivity index (χ0v) is 18.4. The fourth-order valence-electron chi connectivity index (χ4n) is 4.67. The molecule has 0 aromatic carbocycles. The van der Waals surface area contributed by atoms with E-state index in [2.05, 4.69) is 20.6 Å². The van der Waals surface area contributed by atoms with Gasteiger partial charge in [-0.3, -0.25) is 14.0 Å². The average molecular weight is 436 g/mol. The van der Waals surface area contributed by atoms with Crippen LogP contribution in [0, 0.1) is 6.92 Å². The molecule has 1 saturated carbocycles. The molecule has 1 unspecified atom stereocenters. The summed E-state index contributed by atoms with van der Waals surface area (Å²) in [6, 6.07) is 5.64. The molecule has 2 aliphatic rings. The maximum Gasteiger partial charge on any atom is 0.267 e. The normalized spacial score (nSPS) is 19.5. The van der Waals surface area contributed by atoms with Crippen LogP contribution in [0.2, 0.25) is 0 Å². The van der Waals surface area contributed by atoms with Crippen LogP contribution < -0.4 is 16.2 Å². The van der Waals surface area contributed by atoms with Crippen LogP contribution in [-0.2, 0) is 4.74 Å². The molecule has 168 valence electrons. The van der Waals surface area contributed by atoms with Crippen LogP contribution in [0.3, 0.4) is 0 Å². The molecule has 2 N–H and O–H groups in total. The number of amides is 1. The number of hydrogen-bond acceptors (Lipinski definition) is 6. The van der Waals surface area contributed by atoms with Gasteiger partial charge in [0.25, 0.3) is 11.5 Å². The molecule has 0 radical (unpaired) electrons. The lowest BCUT2D eigenvalue weighted by Crippen LogP contribution is -2.33. The van der Waals surface area contributed by atoms with Crippen LogP contribution in [0.15, 0.2) is 29.2 Å². The molecule has 32 heavy (non-hydrogen) atoms. The number of carbonyl (C=O) groups excluding carboxylic acids is 1. The fraction of sp³-hybridized carbons (Fsp3) is 0.500. The van der Waals surface area contributed by atoms with E-state index in [1.807, 2.05) is 19.1 Å². The Labute approximate surface area is 186 Å². The van der Waals surface area contributed by atoms with Crippen molar-refractivity contribution in [1.82, 2.24) is 19.7 Å². The van der Waals surface area contributed by atoms with E-state index in [0.717, 1.165) is 50.7 Å². The number of hydrogen-bond donors (Lipinski definition) is 2. The molecule has 1 aliphatic heterocycles. The van der Waals surface area contributed by atoms with Crippen molar-refractivity contribution in [3.8, 4) is 0 Å². The summed E-state index contributed by atoms with van der Waals surface area (Å²) >= 11 is 0. The number of nitrogens with zero attached hydrogens (tertiary/aromatic N) is 3. The number of aryl methyl sites for hydroxylation is 1. The number of anilines is 1. The summed E-state index contributed by atoms with van der Waals surface area (Å²) in [6.45, 7) is 3.12. The minimum atomic E-state index is -0.248. The van der Waals surface area contributed by atoms with Gasteiger partial charge in [-0.25, -0.2) is 9.97 Å². The Morgan fingerprint density at radius 3 is 2.78 bits per heavy atom. The van der Waals surface area contributed by atoms with E-state index < -0.39 is 0 Å². The number of ether oxygens (including phenoxy) is 1. The third-order valence-electron chi connectivity index (χ3n) is 6.45. The zero-order chi connectivity index (χ0) is 22.1. The van der Waals surface area contributed by atoms with Gasteiger partial charge in [-0.15, -0.1) is 0 Å². The molecule has 1 amide bonds. The molecule has 1 saturated heterocycles. The van der Waals surface area contributed by atoms with Gasteiger partial charge in [0.1, 0.15) is 11.5 Å². The molecule has 2 fully saturated rings. The Morgan fingerprint density at radius 1 is 1.16 bits per heavy atom. The highest BCUT2D eigenvalue weighted by Crippen LogP contribution is 2.25. The first-order valence-corrected chi connectivity index (χ1v) is 11.6. The second-order valence-corrected chi connectivity index (χ2v) is 8.93. The molecule has 8 nitrogen and oxygen atoms in total. The Hall–Kier alpha value is -3.00. The smallest absolute Gasteiger partial charge is 0.267 e. The van der Waals surface area contributed by atoms with E-state index in [-0.39, 0.29) is 23.6 Å². The number of nitrogens with one attached hydrogen (secondary N) is 2. The van der Waals surface area contributed by atoms with Gasteiger partial charge in [0.15, 0.2) is 5.65 Å². The van der Waals surface area contributed by atoms with Crippen molar-refractivity contribution < 1.29 is 9.53 Å². The van der Waals surface area contributed by atoms with Crippen LogP contribution >= 0.6 is 0 Å². The lowest BCUT2D eigenvalue weighted by atomic mass is 9.95. The molecular weight excluding hydrogens is 406 g/mol. The van der Waals surface area contributed by atoms with Crippen LogP contribution in [0.25, 0.3) is 16.7 Å². The second-order valence-electron chi connectivity index (χ2n) is 8.93. The highest BCUT2D eigenvalue weighted by Gasteiger charge is 2.23. The molecule has 0 bridgehead atoms. The number of rotatable bonds is 5. The summed E-state index contributed by atoms with van der Waals surface area (Å²) in [5, 5.41) is 6.79. The van der Waals surface area contributed by atoms with Crippen molar-refractivity contribution in [1.29, 1.82) is 0 Å². The Balaban J connectivity index is 1.56. The molecule has 1 aliphatic carbocycles. The molecule has 8 heteroatoms. The van der Waals surface area contributed by atoms with E-state index in [1.54, 1.807) is 12.3 Å². The van der Waals surface area contributed by atoms with Crippen molar-refractivity contribution in [2.45, 2.75) is 64.0 Å². The summed E-state index contributed by atoms with van der Waals surface area (Å²) < 4.78 is 7.15. The third kappa shape index (κ3) is 4.19. The maximum absolute atomic E-state index is 13.2. The van der Waals surface area contributed by atoms with Gasteiger partial charge in [-0.2, -0.15) is 0 Å². The largest absolute Gasteiger partial charge is 0.376 e. The maximum atomic E-state index is 13.2. The number of fused-ring (bicyclic) bond motifs is 2. The van der Waals surface area contributed by atoms with Crippen molar-refractivity contribution in [2.24, 2.45) is 0 Å². The van der Waals surface area contributed by atoms with Gasteiger partial charge in [0, 0.05) is 25.4 Å². The summed E-state index contributed by atoms with van der Waals surface area (Å²) in [7, 11) is 0. The Morgan fingerprint density at radius 2 is 2.00 bits per heavy atom. The SMILES string of the molecule is Cc1ccc2nc3nc(NC4CCCCC4)c(C(=O)NCC4CCCO4)cc3c(=O)n2c1. The predicted octanol–water partition coefficient (Wildman–Crippen LogP) is 3.20. The van der Waals surface area contributed by atoms with Gasteiger partial charge in [-0.1, -0.05) is 25.3 Å². The highest BCUT2D eigenvalue weighted by molar-refractivity contribution is 6.02. The van der Waals surface area contributed by atoms with Gasteiger partial charge in [0.2, 0.25) is 0 Å². The monoisotopic (exact) mass is 435 g/mol. The average Bonchev–Trinajstić information content (AvgIpc) is 3.32. The molecule has 4 heterocycles. The third-order valence-corrected chi connectivity index (χ3v) is 6.45. The van der Waals surface area contributed by atoms with E-state index in [1.165, 1.54) is 10.8 Å². The highest BCUT2D eigenvalue weighted by atomic mass is 16.5. The van der Waals surface area contributed by atoms with Gasteiger partial charge < -0.3 is 15.4 Å². The molecule has 5 rings (SSSR count). The second kappa shape index (κ2) is 8.86. The van der Waals surface area contributed by atoms with Crippen molar-refractivity contribution in [2.75, 3.05) is 18.5 Å². The summed E-state index contributed by atoms with van der Waals surface area (Å²) in [5.74, 6) is 0.250. The minimum Gasteiger partial charge on any atom is -0.376 e. The lowest BCUT2D eigenvalue weighted by molar-refractivity contribution is 0.0858. The minimum absolute atomic E-state index is 0.0429. The topological polar surface area (TPSA) is 97.6 Å². The first-order chi connectivity index (χ1) is 15.6. The van der Waals surface area contributed by atoms with Crippen molar-refractivity contribution >= 4 is 28.4 Å². The predicted molar refractivity (Wildman–Crippen MR) is 123 cm³/mol. The van der Waals surface area contributed by atoms with Crippen LogP contribution in [0.4, 0.5) is 5.82 Å². The standard InChI is InChI=1S/C24H29N5O3/c1-15-9-10-20-27-22-19(24(31)29(20)14-15)12-18(23(30)25-13-17-8-5-11-32-17)21(28-22)26-16-6-3-2-4-7-16/h9-10,12,14,16-17H,2-8,11,13H2,1H3,(H,25,30)(H,26,28). The molecule has 1 atom stereocenters. The van der Waals surface area contributed by atoms with Crippen LogP contribution in [-0.4, -0.2) is 45.6 Å². The van der Waals surface area contributed by atoms with Gasteiger partial charge >= 0.3 is 0 Å². The van der Waals surface area contributed by atoms with E-state index in [9.17, 15) is 9.59 Å². The fourth-order valence-corrected chi connectivity index (χ4v) is 4.67. The van der Waals surface area contributed by atoms with Crippen LogP contribution in [0.5, 0.6) is 0 Å². The first-order valence-electron chi connectivity index (χ1n) is 11.6. The van der Waals surface area contributed by atoms with Gasteiger partial charge in [0.05, 0.1) is 17.1 Å². The molecular formula is C24H29N5O3. The number of carbonyl (C=O) groups is 1. The number of aromatic nitrogens is 3. The van der Waals surface area contributed by atoms with E-state index in [0.29, 0.717) is 34.6 Å². The van der Waals surface area contributed by atoms with E-state index >= 15 is 0 Å². The Kier molecular flexibility index (Phi) is 5.78. The Bertz CT molecular complexity index is 1210. The lowest BCUT2D eigenvalue weighted by Gasteiger charge is -2.24. The van der Waals surface area contributed by atoms with Gasteiger partial charge in [-0.05, 0) is 50.3 Å². The van der Waals surface area contributed by atoms with Crippen molar-refractivity contribution in [3.63, 3.8) is 0 Å². The summed E-state index contributed by atoms with van der Waals surface area (Å²) in [5.41, 5.74) is 2.01.